The molecule has 0 radical (unpaired) electrons. The molecule has 0 bridgehead atoms. The minimum absolute atomic E-state index is 0.277. The molecule has 0 aliphatic carbocycles. The van der Waals surface area contributed by atoms with E-state index in [-0.39, 0.29) is 6.92 Å². The van der Waals surface area contributed by atoms with E-state index in [0.29, 0.717) is 0 Å². The van der Waals surface area contributed by atoms with Crippen molar-refractivity contribution in [2.24, 2.45) is 0 Å². The van der Waals surface area contributed by atoms with Crippen molar-refractivity contribution >= 4 is 61.5 Å². The van der Waals surface area contributed by atoms with Crippen molar-refractivity contribution in [3.63, 3.8) is 0 Å². The summed E-state index contributed by atoms with van der Waals surface area (Å²) < 4.78 is 18.5. The first-order valence-electron chi connectivity index (χ1n) is 18.1. The van der Waals surface area contributed by atoms with E-state index in [2.05, 4.69) is 185 Å². The maximum Gasteiger partial charge on any atom is 0.434 e. The summed E-state index contributed by atoms with van der Waals surface area (Å²) in [6, 6.07) is 62.8. The number of aromatic nitrogens is 2. The molecule has 246 valence electrons. The average Bonchev–Trinajstić information content (AvgIpc) is 3.74. The highest BCUT2D eigenvalue weighted by Crippen LogP contribution is 2.43. The van der Waals surface area contributed by atoms with Gasteiger partial charge in [-0.15, -0.1) is 0 Å². The maximum absolute atomic E-state index is 6.95. The average molecular weight is 677 g/mol. The van der Waals surface area contributed by atoms with Crippen molar-refractivity contribution < 1.29 is 9.39 Å². The molecular formula is C48H29BN2O2. The Kier molecular flexibility index (Phi) is 5.83. The van der Waals surface area contributed by atoms with E-state index in [4.69, 9.17) is 9.39 Å². The first kappa shape index (κ1) is 28.7. The number of para-hydroxylation sites is 5. The minimum atomic E-state index is -0.277. The van der Waals surface area contributed by atoms with Crippen molar-refractivity contribution in [3.8, 4) is 50.9 Å². The summed E-state index contributed by atoms with van der Waals surface area (Å²) in [4.78, 5) is 0. The molecule has 12 rings (SSSR count). The van der Waals surface area contributed by atoms with Crippen LogP contribution in [0.2, 0.25) is 0 Å². The van der Waals surface area contributed by atoms with Crippen molar-refractivity contribution in [2.75, 3.05) is 0 Å². The second-order valence-corrected chi connectivity index (χ2v) is 14.0. The zero-order valence-corrected chi connectivity index (χ0v) is 28.5. The van der Waals surface area contributed by atoms with Crippen LogP contribution in [0.3, 0.4) is 0 Å². The van der Waals surface area contributed by atoms with Gasteiger partial charge in [0.15, 0.2) is 0 Å². The van der Waals surface area contributed by atoms with Gasteiger partial charge in [-0.05, 0) is 65.7 Å². The van der Waals surface area contributed by atoms with Crippen molar-refractivity contribution in [1.82, 2.24) is 9.13 Å². The predicted octanol–water partition coefficient (Wildman–Crippen LogP) is 10.8. The van der Waals surface area contributed by atoms with Gasteiger partial charge in [-0.2, -0.15) is 0 Å². The van der Waals surface area contributed by atoms with Gasteiger partial charge in [-0.25, -0.2) is 0 Å². The molecule has 8 aromatic carbocycles. The highest BCUT2D eigenvalue weighted by Gasteiger charge is 2.41. The number of fused-ring (bicyclic) bond motifs is 10. The molecule has 0 atom stereocenters. The Bertz CT molecular complexity index is 3050. The van der Waals surface area contributed by atoms with Crippen molar-refractivity contribution in [2.45, 2.75) is 0 Å². The summed E-state index contributed by atoms with van der Waals surface area (Å²) in [5.41, 5.74) is 13.5. The van der Waals surface area contributed by atoms with E-state index >= 15 is 0 Å². The molecule has 10 aromatic rings. The van der Waals surface area contributed by atoms with Crippen LogP contribution in [0.5, 0.6) is 17.2 Å². The van der Waals surface area contributed by atoms with E-state index in [0.717, 1.165) is 61.8 Å². The SMILES string of the molecule is c1ccc(-n2c3ccccc3c3ccccc32)c(-c2ccc3c(c2)-c2cccc4c2B(O3)c2ccc(-n3c5ccccc5c5ccccc53)cc2O4)c1. The lowest BCUT2D eigenvalue weighted by Gasteiger charge is -2.33. The maximum atomic E-state index is 6.95. The van der Waals surface area contributed by atoms with Gasteiger partial charge in [-0.3, -0.25) is 0 Å². The molecule has 4 heterocycles. The zero-order chi connectivity index (χ0) is 34.6. The third-order valence-corrected chi connectivity index (χ3v) is 11.2. The fourth-order valence-electron chi connectivity index (χ4n) is 8.94. The highest BCUT2D eigenvalue weighted by molar-refractivity contribution is 6.84. The zero-order valence-electron chi connectivity index (χ0n) is 28.5. The number of ether oxygens (including phenoxy) is 1. The molecule has 0 fully saturated rings. The fourth-order valence-corrected chi connectivity index (χ4v) is 8.94. The van der Waals surface area contributed by atoms with Crippen LogP contribution in [0.15, 0.2) is 176 Å². The molecule has 0 saturated heterocycles. The fraction of sp³-hybridized carbons (Fsp3) is 0. The second-order valence-electron chi connectivity index (χ2n) is 14.0. The molecule has 53 heavy (non-hydrogen) atoms. The third kappa shape index (κ3) is 4.02. The van der Waals surface area contributed by atoms with Crippen molar-refractivity contribution in [3.05, 3.63) is 176 Å². The first-order chi connectivity index (χ1) is 26.3. The van der Waals surface area contributed by atoms with Crippen LogP contribution in [0, 0.1) is 0 Å². The number of hydrogen-bond acceptors (Lipinski definition) is 2. The monoisotopic (exact) mass is 676 g/mol. The smallest absolute Gasteiger partial charge is 0.434 e. The lowest BCUT2D eigenvalue weighted by molar-refractivity contribution is 0.479. The Balaban J connectivity index is 0.980. The van der Waals surface area contributed by atoms with Crippen LogP contribution in [0.1, 0.15) is 0 Å². The van der Waals surface area contributed by atoms with Gasteiger partial charge in [-0.1, -0.05) is 115 Å². The molecule has 0 unspecified atom stereocenters. The Morgan fingerprint density at radius 3 is 1.66 bits per heavy atom. The summed E-state index contributed by atoms with van der Waals surface area (Å²) >= 11 is 0. The van der Waals surface area contributed by atoms with Crippen LogP contribution in [-0.2, 0) is 0 Å². The molecule has 2 aliphatic heterocycles. The molecule has 0 saturated carbocycles. The van der Waals surface area contributed by atoms with Gasteiger partial charge >= 0.3 is 6.92 Å². The van der Waals surface area contributed by atoms with Crippen LogP contribution in [0.25, 0.3) is 77.2 Å². The second kappa shape index (κ2) is 10.8. The van der Waals surface area contributed by atoms with Gasteiger partial charge in [0.2, 0.25) is 0 Å². The first-order valence-corrected chi connectivity index (χ1v) is 18.1. The molecule has 0 N–H and O–H groups in total. The van der Waals surface area contributed by atoms with E-state index in [1.807, 2.05) is 0 Å². The third-order valence-electron chi connectivity index (χ3n) is 11.2. The highest BCUT2D eigenvalue weighted by atomic mass is 16.5. The summed E-state index contributed by atoms with van der Waals surface area (Å²) in [6.45, 7) is -0.277. The van der Waals surface area contributed by atoms with Gasteiger partial charge in [0.05, 0.1) is 27.8 Å². The lowest BCUT2D eigenvalue weighted by Crippen LogP contribution is -2.53. The number of hydrogen-bond donors (Lipinski definition) is 0. The molecule has 2 aliphatic rings. The summed E-state index contributed by atoms with van der Waals surface area (Å²) in [5, 5.41) is 4.98. The summed E-state index contributed by atoms with van der Waals surface area (Å²) in [5.74, 6) is 2.53. The number of benzene rings is 8. The van der Waals surface area contributed by atoms with E-state index < -0.39 is 0 Å². The summed E-state index contributed by atoms with van der Waals surface area (Å²) in [6.07, 6.45) is 0. The van der Waals surface area contributed by atoms with Gasteiger partial charge < -0.3 is 18.5 Å². The van der Waals surface area contributed by atoms with Crippen LogP contribution >= 0.6 is 0 Å². The molecule has 0 spiro atoms. The van der Waals surface area contributed by atoms with Crippen LogP contribution in [0.4, 0.5) is 0 Å². The normalized spacial score (nSPS) is 12.8. The minimum Gasteiger partial charge on any atom is -0.551 e. The lowest BCUT2D eigenvalue weighted by atomic mass is 9.51. The molecule has 4 nitrogen and oxygen atoms in total. The van der Waals surface area contributed by atoms with E-state index in [9.17, 15) is 0 Å². The van der Waals surface area contributed by atoms with E-state index in [1.165, 1.54) is 43.6 Å². The van der Waals surface area contributed by atoms with Gasteiger partial charge in [0.1, 0.15) is 17.2 Å². The van der Waals surface area contributed by atoms with Crippen molar-refractivity contribution in [1.29, 1.82) is 0 Å². The molecule has 2 aromatic heterocycles. The van der Waals surface area contributed by atoms with Crippen LogP contribution in [-0.4, -0.2) is 16.0 Å². The molecular weight excluding hydrogens is 647 g/mol. The number of rotatable bonds is 3. The molecule has 0 amide bonds. The Hall–Kier alpha value is -6.98. The van der Waals surface area contributed by atoms with E-state index in [1.54, 1.807) is 0 Å². The Labute approximate surface area is 305 Å². The van der Waals surface area contributed by atoms with Gasteiger partial charge in [0.25, 0.3) is 0 Å². The predicted molar refractivity (Wildman–Crippen MR) is 218 cm³/mol. The Morgan fingerprint density at radius 1 is 0.396 bits per heavy atom. The molecule has 5 heteroatoms. The van der Waals surface area contributed by atoms with Crippen LogP contribution < -0.4 is 20.3 Å². The van der Waals surface area contributed by atoms with Gasteiger partial charge in [0, 0.05) is 55.4 Å². The topological polar surface area (TPSA) is 28.3 Å². The standard InChI is InChI=1S/C48H29BN2O2/c1-6-18-40(51-43-21-9-4-15-35(43)36-16-5-10-22-44(36)51)32(12-1)30-24-27-45-38(28-30)37-17-11-23-46-48(37)49(53-45)39-26-25-31(29-47(39)52-46)50-41-19-7-2-13-33(41)34-14-3-8-20-42(34)50/h1-29H. The quantitative estimate of drug-likeness (QED) is 0.174. The largest absolute Gasteiger partial charge is 0.551 e. The summed E-state index contributed by atoms with van der Waals surface area (Å²) in [7, 11) is 0. The Morgan fingerprint density at radius 2 is 0.981 bits per heavy atom. The number of nitrogens with zero attached hydrogens (tertiary/aromatic N) is 2.